The number of amides is 3. The summed E-state index contributed by atoms with van der Waals surface area (Å²) in [7, 11) is 0. The highest BCUT2D eigenvalue weighted by molar-refractivity contribution is 8.00. The second-order valence-electron chi connectivity index (χ2n) is 7.40. The number of nitrogens with one attached hydrogen (secondary N) is 2. The normalized spacial score (nSPS) is 12.9. The van der Waals surface area contributed by atoms with E-state index in [-0.39, 0.29) is 29.9 Å². The number of hydrogen-bond acceptors (Lipinski definition) is 5. The van der Waals surface area contributed by atoms with Crippen LogP contribution in [0.1, 0.15) is 22.3 Å². The Kier molecular flexibility index (Phi) is 6.85. The molecule has 0 aromatic heterocycles. The van der Waals surface area contributed by atoms with E-state index in [4.69, 9.17) is 0 Å². The van der Waals surface area contributed by atoms with E-state index in [0.717, 1.165) is 10.5 Å². The Balaban J connectivity index is 1.32. The van der Waals surface area contributed by atoms with E-state index >= 15 is 0 Å². The lowest BCUT2D eigenvalue weighted by Gasteiger charge is -2.10. The summed E-state index contributed by atoms with van der Waals surface area (Å²) >= 11 is 1.33. The highest BCUT2D eigenvalue weighted by Crippen LogP contribution is 2.23. The Hall–Kier alpha value is -3.91. The largest absolute Gasteiger partial charge is 0.322 e. The van der Waals surface area contributed by atoms with Crippen molar-refractivity contribution in [2.75, 3.05) is 16.1 Å². The average molecular weight is 459 g/mol. The number of amidine groups is 1. The summed E-state index contributed by atoms with van der Waals surface area (Å²) in [5.41, 5.74) is 2.83. The molecule has 3 aromatic rings. The van der Waals surface area contributed by atoms with Crippen LogP contribution in [-0.4, -0.2) is 29.3 Å². The molecule has 3 amide bonds. The topological polar surface area (TPSA) is 90.9 Å². The van der Waals surface area contributed by atoms with Crippen molar-refractivity contribution in [2.24, 2.45) is 5.10 Å². The summed E-state index contributed by atoms with van der Waals surface area (Å²) in [6, 6.07) is 23.8. The number of carbonyl (C=O) groups excluding carboxylic acids is 3. The van der Waals surface area contributed by atoms with Crippen LogP contribution in [0.15, 0.2) is 88.9 Å². The quantitative estimate of drug-likeness (QED) is 0.542. The number of nitrogens with zero attached hydrogens (tertiary/aromatic N) is 2. The molecular formula is C25H22N4O3S. The monoisotopic (exact) mass is 458 g/mol. The molecule has 0 aliphatic carbocycles. The number of hydrogen-bond donors (Lipinski definition) is 2. The second-order valence-corrected chi connectivity index (χ2v) is 8.45. The van der Waals surface area contributed by atoms with Crippen LogP contribution >= 0.6 is 11.8 Å². The molecule has 8 heteroatoms. The van der Waals surface area contributed by atoms with Crippen LogP contribution in [0.5, 0.6) is 0 Å². The lowest BCUT2D eigenvalue weighted by atomic mass is 10.1. The number of aryl methyl sites for hydroxylation is 1. The first-order valence-electron chi connectivity index (χ1n) is 10.3. The molecular weight excluding hydrogens is 436 g/mol. The SMILES string of the molecule is Cc1ccccc1C(=O)Nc1cccc(SCC(=O)NC2=NN(c3ccccc3)C(=O)C2)c1. The van der Waals surface area contributed by atoms with Gasteiger partial charge in [0.15, 0.2) is 0 Å². The predicted molar refractivity (Wildman–Crippen MR) is 130 cm³/mol. The third-order valence-corrected chi connectivity index (χ3v) is 5.91. The zero-order valence-electron chi connectivity index (χ0n) is 17.9. The lowest BCUT2D eigenvalue weighted by Crippen LogP contribution is -2.31. The van der Waals surface area contributed by atoms with Crippen LogP contribution in [-0.2, 0) is 9.59 Å². The lowest BCUT2D eigenvalue weighted by molar-refractivity contribution is -0.117. The van der Waals surface area contributed by atoms with Gasteiger partial charge in [0.25, 0.3) is 11.8 Å². The number of benzene rings is 3. The van der Waals surface area contributed by atoms with Crippen molar-refractivity contribution in [2.45, 2.75) is 18.2 Å². The van der Waals surface area contributed by atoms with Gasteiger partial charge in [-0.25, -0.2) is 0 Å². The molecule has 0 saturated heterocycles. The average Bonchev–Trinajstić information content (AvgIpc) is 3.18. The standard InChI is InChI=1S/C25H22N4O3S/c1-17-8-5-6-13-21(17)25(32)26-18-9-7-12-20(14-18)33-16-23(30)27-22-15-24(31)29(28-22)19-10-3-2-4-11-19/h2-14H,15-16H2,1H3,(H,26,32)(H,27,28,30). The highest BCUT2D eigenvalue weighted by atomic mass is 32.2. The van der Waals surface area contributed by atoms with E-state index in [1.165, 1.54) is 16.8 Å². The van der Waals surface area contributed by atoms with Crippen molar-refractivity contribution in [3.05, 3.63) is 90.0 Å². The van der Waals surface area contributed by atoms with Crippen LogP contribution in [0.2, 0.25) is 0 Å². The smallest absolute Gasteiger partial charge is 0.255 e. The fraction of sp³-hybridized carbons (Fsp3) is 0.120. The van der Waals surface area contributed by atoms with Gasteiger partial charge in [0.05, 0.1) is 17.9 Å². The maximum atomic E-state index is 12.5. The number of carbonyl (C=O) groups is 3. The van der Waals surface area contributed by atoms with Crippen molar-refractivity contribution in [1.82, 2.24) is 5.32 Å². The van der Waals surface area contributed by atoms with Gasteiger partial charge < -0.3 is 10.6 Å². The van der Waals surface area contributed by atoms with Gasteiger partial charge in [-0.2, -0.15) is 10.1 Å². The van der Waals surface area contributed by atoms with Gasteiger partial charge in [0, 0.05) is 16.1 Å². The molecule has 166 valence electrons. The molecule has 4 rings (SSSR count). The Bertz CT molecular complexity index is 1230. The molecule has 7 nitrogen and oxygen atoms in total. The third kappa shape index (κ3) is 5.67. The van der Waals surface area contributed by atoms with Crippen LogP contribution in [0.3, 0.4) is 0 Å². The van der Waals surface area contributed by atoms with E-state index in [1.807, 2.05) is 61.5 Å². The molecule has 1 aliphatic rings. The fourth-order valence-corrected chi connectivity index (χ4v) is 4.06. The van der Waals surface area contributed by atoms with Gasteiger partial charge >= 0.3 is 0 Å². The summed E-state index contributed by atoms with van der Waals surface area (Å²) in [5, 5.41) is 11.1. The van der Waals surface area contributed by atoms with E-state index in [0.29, 0.717) is 22.8 Å². The summed E-state index contributed by atoms with van der Waals surface area (Å²) in [4.78, 5) is 38.0. The number of anilines is 2. The van der Waals surface area contributed by atoms with Crippen molar-refractivity contribution in [3.8, 4) is 0 Å². The molecule has 2 N–H and O–H groups in total. The number of thioether (sulfide) groups is 1. The fourth-order valence-electron chi connectivity index (χ4n) is 3.31. The Labute approximate surface area is 195 Å². The van der Waals surface area contributed by atoms with Gasteiger partial charge in [-0.15, -0.1) is 11.8 Å². The maximum Gasteiger partial charge on any atom is 0.255 e. The predicted octanol–water partition coefficient (Wildman–Crippen LogP) is 4.21. The summed E-state index contributed by atoms with van der Waals surface area (Å²) in [5.74, 6) is -0.154. The second kappa shape index (κ2) is 10.1. The first kappa shape index (κ1) is 22.3. The maximum absolute atomic E-state index is 12.5. The number of rotatable bonds is 6. The van der Waals surface area contributed by atoms with E-state index < -0.39 is 0 Å². The molecule has 1 aliphatic heterocycles. The minimum atomic E-state index is -0.254. The molecule has 33 heavy (non-hydrogen) atoms. The van der Waals surface area contributed by atoms with Crippen LogP contribution in [0, 0.1) is 6.92 Å². The van der Waals surface area contributed by atoms with E-state index in [1.54, 1.807) is 24.3 Å². The summed E-state index contributed by atoms with van der Waals surface area (Å²) in [6.07, 6.45) is 0.0473. The third-order valence-electron chi connectivity index (χ3n) is 4.91. The van der Waals surface area contributed by atoms with Crippen molar-refractivity contribution in [3.63, 3.8) is 0 Å². The van der Waals surface area contributed by atoms with Crippen molar-refractivity contribution >= 4 is 46.7 Å². The molecule has 0 unspecified atom stereocenters. The van der Waals surface area contributed by atoms with Crippen LogP contribution in [0.4, 0.5) is 11.4 Å². The Morgan fingerprint density at radius 1 is 0.970 bits per heavy atom. The van der Waals surface area contributed by atoms with Crippen LogP contribution < -0.4 is 15.6 Å². The van der Waals surface area contributed by atoms with Crippen molar-refractivity contribution in [1.29, 1.82) is 0 Å². The van der Waals surface area contributed by atoms with Gasteiger partial charge in [0.1, 0.15) is 5.84 Å². The molecule has 1 heterocycles. The van der Waals surface area contributed by atoms with Crippen molar-refractivity contribution < 1.29 is 14.4 Å². The number of para-hydroxylation sites is 1. The first-order chi connectivity index (χ1) is 16.0. The minimum absolute atomic E-state index is 0.0473. The molecule has 0 fully saturated rings. The van der Waals surface area contributed by atoms with Gasteiger partial charge in [0.2, 0.25) is 5.91 Å². The molecule has 0 radical (unpaired) electrons. The molecule has 3 aromatic carbocycles. The first-order valence-corrected chi connectivity index (χ1v) is 11.3. The highest BCUT2D eigenvalue weighted by Gasteiger charge is 2.26. The van der Waals surface area contributed by atoms with Crippen LogP contribution in [0.25, 0.3) is 0 Å². The number of hydrazone groups is 1. The summed E-state index contributed by atoms with van der Waals surface area (Å²) in [6.45, 7) is 1.89. The molecule has 0 spiro atoms. The molecule has 0 saturated carbocycles. The van der Waals surface area contributed by atoms with E-state index in [9.17, 15) is 14.4 Å². The Morgan fingerprint density at radius 2 is 1.73 bits per heavy atom. The molecule has 0 bridgehead atoms. The summed E-state index contributed by atoms with van der Waals surface area (Å²) < 4.78 is 0. The Morgan fingerprint density at radius 3 is 2.52 bits per heavy atom. The van der Waals surface area contributed by atoms with Gasteiger partial charge in [-0.05, 0) is 48.9 Å². The zero-order chi connectivity index (χ0) is 23.2. The zero-order valence-corrected chi connectivity index (χ0v) is 18.8. The molecule has 0 atom stereocenters. The minimum Gasteiger partial charge on any atom is -0.322 e. The van der Waals surface area contributed by atoms with E-state index in [2.05, 4.69) is 15.7 Å². The van der Waals surface area contributed by atoms with Gasteiger partial charge in [-0.1, -0.05) is 42.5 Å². The van der Waals surface area contributed by atoms with Gasteiger partial charge in [-0.3, -0.25) is 14.4 Å².